The molecule has 0 aliphatic rings. The molecule has 0 unspecified atom stereocenters. The molecule has 0 bridgehead atoms. The molecule has 4 aromatic rings. The molecule has 0 atom stereocenters. The van der Waals surface area contributed by atoms with Crippen LogP contribution >= 0.6 is 0 Å². The van der Waals surface area contributed by atoms with E-state index in [1.807, 2.05) is 0 Å². The number of fused-ring (bicyclic) bond motifs is 1. The number of rotatable bonds is 5. The number of hydrogen-bond acceptors (Lipinski definition) is 3. The molecule has 31 heavy (non-hydrogen) atoms. The molecule has 0 radical (unpaired) electrons. The molecule has 5 nitrogen and oxygen atoms in total. The molecule has 6 heteroatoms. The fourth-order valence-corrected chi connectivity index (χ4v) is 3.73. The molecule has 3 aromatic carbocycles. The van der Waals surface area contributed by atoms with Crippen LogP contribution in [0.5, 0.6) is 5.75 Å². The highest BCUT2D eigenvalue weighted by molar-refractivity contribution is 6.07. The highest BCUT2D eigenvalue weighted by atomic mass is 19.1. The summed E-state index contributed by atoms with van der Waals surface area (Å²) in [5.74, 6) is -0.0939. The highest BCUT2D eigenvalue weighted by Gasteiger charge is 2.20. The van der Waals surface area contributed by atoms with Gasteiger partial charge in [-0.1, -0.05) is 36.4 Å². The molecule has 0 aliphatic heterocycles. The van der Waals surface area contributed by atoms with Gasteiger partial charge < -0.3 is 10.1 Å². The van der Waals surface area contributed by atoms with Crippen molar-refractivity contribution in [1.82, 2.24) is 9.88 Å². The van der Waals surface area contributed by atoms with Crippen molar-refractivity contribution in [3.63, 3.8) is 0 Å². The quantitative estimate of drug-likeness (QED) is 0.525. The largest absolute Gasteiger partial charge is 0.497 e. The first-order chi connectivity index (χ1) is 15.0. The van der Waals surface area contributed by atoms with E-state index in [9.17, 15) is 14.0 Å². The van der Waals surface area contributed by atoms with Gasteiger partial charge in [0.2, 0.25) is 0 Å². The average molecular weight is 416 g/mol. The van der Waals surface area contributed by atoms with Gasteiger partial charge in [0.15, 0.2) is 0 Å². The SMILES string of the molecule is COc1cccc(-n2c(C)c(C(=O)NCc3cccc(F)c3)c3ccccc3c2=O)c1. The van der Waals surface area contributed by atoms with Gasteiger partial charge in [0, 0.05) is 29.1 Å². The molecule has 1 heterocycles. The number of nitrogens with zero attached hydrogens (tertiary/aromatic N) is 1. The Morgan fingerprint density at radius 2 is 1.74 bits per heavy atom. The van der Waals surface area contributed by atoms with Crippen LogP contribution in [0.2, 0.25) is 0 Å². The normalized spacial score (nSPS) is 10.8. The number of ether oxygens (including phenoxy) is 1. The zero-order valence-corrected chi connectivity index (χ0v) is 17.2. The van der Waals surface area contributed by atoms with E-state index in [-0.39, 0.29) is 23.8 Å². The number of amides is 1. The maximum Gasteiger partial charge on any atom is 0.263 e. The Bertz CT molecular complexity index is 1340. The van der Waals surface area contributed by atoms with E-state index in [4.69, 9.17) is 4.74 Å². The molecule has 4 rings (SSSR count). The fraction of sp³-hybridized carbons (Fsp3) is 0.120. The van der Waals surface area contributed by atoms with E-state index < -0.39 is 0 Å². The maximum atomic E-state index is 13.5. The number of methoxy groups -OCH3 is 1. The van der Waals surface area contributed by atoms with Gasteiger partial charge in [0.05, 0.1) is 18.4 Å². The Labute approximate surface area is 178 Å². The second kappa shape index (κ2) is 8.44. The van der Waals surface area contributed by atoms with Gasteiger partial charge in [0.1, 0.15) is 11.6 Å². The summed E-state index contributed by atoms with van der Waals surface area (Å²) in [5.41, 5.74) is 1.94. The van der Waals surface area contributed by atoms with Crippen molar-refractivity contribution in [2.75, 3.05) is 7.11 Å². The van der Waals surface area contributed by atoms with Crippen LogP contribution in [0.4, 0.5) is 4.39 Å². The van der Waals surface area contributed by atoms with Gasteiger partial charge in [-0.2, -0.15) is 0 Å². The van der Waals surface area contributed by atoms with Gasteiger partial charge in [-0.05, 0) is 42.8 Å². The molecule has 1 aromatic heterocycles. The van der Waals surface area contributed by atoms with E-state index in [1.54, 1.807) is 74.7 Å². The molecule has 0 saturated carbocycles. The maximum absolute atomic E-state index is 13.5. The number of aromatic nitrogens is 1. The molecule has 0 aliphatic carbocycles. The van der Waals surface area contributed by atoms with E-state index >= 15 is 0 Å². The average Bonchev–Trinajstić information content (AvgIpc) is 2.78. The first-order valence-electron chi connectivity index (χ1n) is 9.81. The number of benzene rings is 3. The third-order valence-electron chi connectivity index (χ3n) is 5.21. The Hall–Kier alpha value is -3.93. The lowest BCUT2D eigenvalue weighted by Gasteiger charge is -2.17. The Morgan fingerprint density at radius 3 is 2.48 bits per heavy atom. The van der Waals surface area contributed by atoms with Crippen molar-refractivity contribution in [2.24, 2.45) is 0 Å². The van der Waals surface area contributed by atoms with E-state index in [1.165, 1.54) is 16.7 Å². The van der Waals surface area contributed by atoms with Gasteiger partial charge in [-0.15, -0.1) is 0 Å². The summed E-state index contributed by atoms with van der Waals surface area (Å²) in [6, 6.07) is 20.2. The zero-order valence-electron chi connectivity index (χ0n) is 17.2. The van der Waals surface area contributed by atoms with Gasteiger partial charge in [0.25, 0.3) is 11.5 Å². The summed E-state index contributed by atoms with van der Waals surface area (Å²) >= 11 is 0. The summed E-state index contributed by atoms with van der Waals surface area (Å²) < 4.78 is 20.3. The van der Waals surface area contributed by atoms with Crippen LogP contribution in [0.25, 0.3) is 16.5 Å². The third-order valence-corrected chi connectivity index (χ3v) is 5.21. The Kier molecular flexibility index (Phi) is 5.54. The summed E-state index contributed by atoms with van der Waals surface area (Å²) in [6.45, 7) is 1.91. The molecule has 0 fully saturated rings. The van der Waals surface area contributed by atoms with Crippen molar-refractivity contribution in [1.29, 1.82) is 0 Å². The number of nitrogens with one attached hydrogen (secondary N) is 1. The molecule has 0 saturated heterocycles. The smallest absolute Gasteiger partial charge is 0.263 e. The lowest BCUT2D eigenvalue weighted by atomic mass is 10.0. The van der Waals surface area contributed by atoms with Crippen LogP contribution in [0.3, 0.4) is 0 Å². The third kappa shape index (κ3) is 3.92. The van der Waals surface area contributed by atoms with Gasteiger partial charge in [-0.25, -0.2) is 4.39 Å². The zero-order chi connectivity index (χ0) is 22.0. The van der Waals surface area contributed by atoms with E-state index in [0.29, 0.717) is 39.0 Å². The number of pyridine rings is 1. The standard InChI is InChI=1S/C25H21FN2O3/c1-16-23(24(29)27-15-17-7-5-8-18(26)13-17)21-11-3-4-12-22(21)25(30)28(16)19-9-6-10-20(14-19)31-2/h3-14H,15H2,1-2H3,(H,27,29). The van der Waals surface area contributed by atoms with E-state index in [0.717, 1.165) is 0 Å². The predicted octanol–water partition coefficient (Wildman–Crippen LogP) is 4.38. The van der Waals surface area contributed by atoms with Crippen molar-refractivity contribution in [3.05, 3.63) is 106 Å². The number of hydrogen-bond donors (Lipinski definition) is 1. The van der Waals surface area contributed by atoms with Crippen molar-refractivity contribution in [2.45, 2.75) is 13.5 Å². The van der Waals surface area contributed by atoms with E-state index in [2.05, 4.69) is 5.32 Å². The van der Waals surface area contributed by atoms with Crippen LogP contribution in [0.1, 0.15) is 21.6 Å². The van der Waals surface area contributed by atoms with Crippen LogP contribution in [0.15, 0.2) is 77.6 Å². The Morgan fingerprint density at radius 1 is 1.00 bits per heavy atom. The predicted molar refractivity (Wildman–Crippen MR) is 118 cm³/mol. The highest BCUT2D eigenvalue weighted by Crippen LogP contribution is 2.24. The van der Waals surface area contributed by atoms with Crippen molar-refractivity contribution in [3.8, 4) is 11.4 Å². The summed E-state index contributed by atoms with van der Waals surface area (Å²) in [7, 11) is 1.56. The number of carbonyl (C=O) groups excluding carboxylic acids is 1. The van der Waals surface area contributed by atoms with Crippen LogP contribution < -0.4 is 15.6 Å². The molecule has 0 spiro atoms. The second-order valence-electron chi connectivity index (χ2n) is 7.16. The first kappa shape index (κ1) is 20.3. The molecule has 1 amide bonds. The molecular formula is C25H21FN2O3. The molecule has 1 N–H and O–H groups in total. The van der Waals surface area contributed by atoms with Crippen LogP contribution in [-0.4, -0.2) is 17.6 Å². The monoisotopic (exact) mass is 416 g/mol. The second-order valence-corrected chi connectivity index (χ2v) is 7.16. The number of halogens is 1. The van der Waals surface area contributed by atoms with Crippen LogP contribution in [-0.2, 0) is 6.54 Å². The van der Waals surface area contributed by atoms with Crippen molar-refractivity contribution >= 4 is 16.7 Å². The topological polar surface area (TPSA) is 60.3 Å². The van der Waals surface area contributed by atoms with Crippen molar-refractivity contribution < 1.29 is 13.9 Å². The lowest BCUT2D eigenvalue weighted by molar-refractivity contribution is 0.0951. The van der Waals surface area contributed by atoms with Crippen LogP contribution in [0, 0.1) is 12.7 Å². The minimum Gasteiger partial charge on any atom is -0.497 e. The summed E-state index contributed by atoms with van der Waals surface area (Å²) in [6.07, 6.45) is 0. The van der Waals surface area contributed by atoms with Gasteiger partial charge in [-0.3, -0.25) is 14.2 Å². The minimum atomic E-state index is -0.361. The lowest BCUT2D eigenvalue weighted by Crippen LogP contribution is -2.29. The fourth-order valence-electron chi connectivity index (χ4n) is 3.73. The first-order valence-corrected chi connectivity index (χ1v) is 9.81. The minimum absolute atomic E-state index is 0.169. The summed E-state index contributed by atoms with van der Waals surface area (Å²) in [5, 5.41) is 3.86. The molecule has 156 valence electrons. The Balaban J connectivity index is 1.84. The molecular weight excluding hydrogens is 395 g/mol. The summed E-state index contributed by atoms with van der Waals surface area (Å²) in [4.78, 5) is 26.5. The number of carbonyl (C=O) groups is 1. The van der Waals surface area contributed by atoms with Gasteiger partial charge >= 0.3 is 0 Å².